The van der Waals surface area contributed by atoms with Crippen molar-refractivity contribution in [2.75, 3.05) is 27.4 Å². The SMILES string of the molecule is COC(OC)C(=O)C=C1CCOCC1. The molecule has 80 valence electrons. The van der Waals surface area contributed by atoms with Gasteiger partial charge in [-0.25, -0.2) is 0 Å². The molecular weight excluding hydrogens is 184 g/mol. The van der Waals surface area contributed by atoms with E-state index in [-0.39, 0.29) is 5.78 Å². The van der Waals surface area contributed by atoms with Gasteiger partial charge in [0.1, 0.15) is 0 Å². The lowest BCUT2D eigenvalue weighted by molar-refractivity contribution is -0.151. The lowest BCUT2D eigenvalue weighted by atomic mass is 10.1. The van der Waals surface area contributed by atoms with Crippen molar-refractivity contribution in [1.29, 1.82) is 0 Å². The number of ketones is 1. The lowest BCUT2D eigenvalue weighted by Gasteiger charge is -2.15. The van der Waals surface area contributed by atoms with Crippen LogP contribution in [0.25, 0.3) is 0 Å². The Balaban J connectivity index is 2.51. The predicted molar refractivity (Wildman–Crippen MR) is 50.9 cm³/mol. The van der Waals surface area contributed by atoms with Gasteiger partial charge in [-0.1, -0.05) is 5.57 Å². The summed E-state index contributed by atoms with van der Waals surface area (Å²) in [6.07, 6.45) is 2.49. The van der Waals surface area contributed by atoms with Crippen LogP contribution in [0.15, 0.2) is 11.6 Å². The minimum Gasteiger partial charge on any atom is -0.381 e. The van der Waals surface area contributed by atoms with E-state index in [0.29, 0.717) is 13.2 Å². The van der Waals surface area contributed by atoms with E-state index in [1.165, 1.54) is 14.2 Å². The molecule has 1 saturated heterocycles. The van der Waals surface area contributed by atoms with Gasteiger partial charge in [-0.05, 0) is 18.9 Å². The highest BCUT2D eigenvalue weighted by atomic mass is 16.7. The lowest BCUT2D eigenvalue weighted by Crippen LogP contribution is -2.23. The van der Waals surface area contributed by atoms with Gasteiger partial charge in [-0.3, -0.25) is 4.79 Å². The van der Waals surface area contributed by atoms with Crippen LogP contribution in [0.3, 0.4) is 0 Å². The molecule has 0 aromatic rings. The largest absolute Gasteiger partial charge is 0.381 e. The Hall–Kier alpha value is -0.710. The molecule has 1 aliphatic rings. The molecule has 14 heavy (non-hydrogen) atoms. The number of rotatable bonds is 4. The molecule has 0 unspecified atom stereocenters. The highest BCUT2D eigenvalue weighted by Crippen LogP contribution is 2.13. The first-order valence-electron chi connectivity index (χ1n) is 4.64. The van der Waals surface area contributed by atoms with Gasteiger partial charge in [0, 0.05) is 14.2 Å². The Morgan fingerprint density at radius 2 is 1.93 bits per heavy atom. The molecule has 0 aromatic carbocycles. The fraction of sp³-hybridized carbons (Fsp3) is 0.700. The summed E-state index contributed by atoms with van der Waals surface area (Å²) < 4.78 is 14.9. The van der Waals surface area contributed by atoms with Crippen molar-refractivity contribution in [3.05, 3.63) is 11.6 Å². The number of hydrogen-bond donors (Lipinski definition) is 0. The molecule has 0 bridgehead atoms. The normalized spacial score (nSPS) is 17.2. The van der Waals surface area contributed by atoms with Crippen LogP contribution in [0.1, 0.15) is 12.8 Å². The fourth-order valence-electron chi connectivity index (χ4n) is 1.38. The Labute approximate surface area is 83.8 Å². The van der Waals surface area contributed by atoms with Crippen molar-refractivity contribution in [3.63, 3.8) is 0 Å². The van der Waals surface area contributed by atoms with Crippen LogP contribution in [0.4, 0.5) is 0 Å². The van der Waals surface area contributed by atoms with E-state index in [4.69, 9.17) is 14.2 Å². The number of methoxy groups -OCH3 is 2. The molecular formula is C10H16O4. The standard InChI is InChI=1S/C10H16O4/c1-12-10(13-2)9(11)7-8-3-5-14-6-4-8/h7,10H,3-6H2,1-2H3. The Morgan fingerprint density at radius 1 is 1.36 bits per heavy atom. The molecule has 1 rings (SSSR count). The third kappa shape index (κ3) is 3.21. The second-order valence-electron chi connectivity index (χ2n) is 3.12. The maximum atomic E-state index is 11.5. The van der Waals surface area contributed by atoms with E-state index < -0.39 is 6.29 Å². The van der Waals surface area contributed by atoms with Crippen molar-refractivity contribution in [2.45, 2.75) is 19.1 Å². The van der Waals surface area contributed by atoms with Crippen LogP contribution >= 0.6 is 0 Å². The molecule has 1 fully saturated rings. The van der Waals surface area contributed by atoms with Gasteiger partial charge in [0.2, 0.25) is 12.1 Å². The van der Waals surface area contributed by atoms with Crippen molar-refractivity contribution in [1.82, 2.24) is 0 Å². The summed E-state index contributed by atoms with van der Waals surface area (Å²) in [5.74, 6) is -0.132. The van der Waals surface area contributed by atoms with E-state index in [9.17, 15) is 4.79 Å². The van der Waals surface area contributed by atoms with Gasteiger partial charge >= 0.3 is 0 Å². The van der Waals surface area contributed by atoms with Crippen molar-refractivity contribution < 1.29 is 19.0 Å². The minimum atomic E-state index is -0.773. The molecule has 1 aliphatic heterocycles. The zero-order chi connectivity index (χ0) is 10.4. The molecule has 4 heteroatoms. The second-order valence-corrected chi connectivity index (χ2v) is 3.12. The van der Waals surface area contributed by atoms with E-state index in [0.717, 1.165) is 18.4 Å². The van der Waals surface area contributed by atoms with E-state index >= 15 is 0 Å². The number of ether oxygens (including phenoxy) is 3. The summed E-state index contributed by atoms with van der Waals surface area (Å²) in [6.45, 7) is 1.40. The smallest absolute Gasteiger partial charge is 0.221 e. The monoisotopic (exact) mass is 200 g/mol. The van der Waals surface area contributed by atoms with Crippen LogP contribution in [-0.4, -0.2) is 39.5 Å². The molecule has 0 N–H and O–H groups in total. The number of hydrogen-bond acceptors (Lipinski definition) is 4. The first-order chi connectivity index (χ1) is 6.77. The Bertz CT molecular complexity index is 210. The average molecular weight is 200 g/mol. The molecule has 0 atom stereocenters. The molecule has 0 aromatic heterocycles. The Kier molecular flexibility index (Phi) is 4.79. The molecule has 0 saturated carbocycles. The first-order valence-corrected chi connectivity index (χ1v) is 4.64. The fourth-order valence-corrected chi connectivity index (χ4v) is 1.38. The predicted octanol–water partition coefficient (Wildman–Crippen LogP) is 0.911. The second kappa shape index (κ2) is 5.90. The quantitative estimate of drug-likeness (QED) is 0.500. The maximum Gasteiger partial charge on any atom is 0.221 e. The summed E-state index contributed by atoms with van der Waals surface area (Å²) in [4.78, 5) is 11.5. The van der Waals surface area contributed by atoms with Crippen molar-refractivity contribution in [3.8, 4) is 0 Å². The molecule has 0 amide bonds. The maximum absolute atomic E-state index is 11.5. The summed E-state index contributed by atoms with van der Waals surface area (Å²) >= 11 is 0. The summed E-state index contributed by atoms with van der Waals surface area (Å²) in [5, 5.41) is 0. The van der Waals surface area contributed by atoms with Crippen LogP contribution in [0.2, 0.25) is 0 Å². The minimum absolute atomic E-state index is 0.132. The highest BCUT2D eigenvalue weighted by Gasteiger charge is 2.15. The third-order valence-electron chi connectivity index (χ3n) is 2.14. The highest BCUT2D eigenvalue weighted by molar-refractivity contribution is 5.93. The van der Waals surface area contributed by atoms with Gasteiger partial charge < -0.3 is 14.2 Å². The summed E-state index contributed by atoms with van der Waals surface area (Å²) in [5.41, 5.74) is 1.11. The van der Waals surface area contributed by atoms with Gasteiger partial charge in [-0.15, -0.1) is 0 Å². The first kappa shape index (κ1) is 11.4. The van der Waals surface area contributed by atoms with E-state index in [2.05, 4.69) is 0 Å². The topological polar surface area (TPSA) is 44.8 Å². The van der Waals surface area contributed by atoms with Gasteiger partial charge in [-0.2, -0.15) is 0 Å². The van der Waals surface area contributed by atoms with Crippen molar-refractivity contribution in [2.24, 2.45) is 0 Å². The molecule has 0 radical (unpaired) electrons. The van der Waals surface area contributed by atoms with Crippen LogP contribution in [-0.2, 0) is 19.0 Å². The van der Waals surface area contributed by atoms with Gasteiger partial charge in [0.05, 0.1) is 13.2 Å². The summed E-state index contributed by atoms with van der Waals surface area (Å²) in [7, 11) is 2.91. The van der Waals surface area contributed by atoms with Crippen LogP contribution < -0.4 is 0 Å². The summed E-state index contributed by atoms with van der Waals surface area (Å²) in [6, 6.07) is 0. The molecule has 0 aliphatic carbocycles. The third-order valence-corrected chi connectivity index (χ3v) is 2.14. The zero-order valence-corrected chi connectivity index (χ0v) is 8.62. The van der Waals surface area contributed by atoms with Gasteiger partial charge in [0.15, 0.2) is 0 Å². The number of carbonyl (C=O) groups excluding carboxylic acids is 1. The van der Waals surface area contributed by atoms with E-state index in [1.54, 1.807) is 6.08 Å². The van der Waals surface area contributed by atoms with E-state index in [1.807, 2.05) is 0 Å². The average Bonchev–Trinajstić information content (AvgIpc) is 2.21. The molecule has 4 nitrogen and oxygen atoms in total. The Morgan fingerprint density at radius 3 is 2.43 bits per heavy atom. The van der Waals surface area contributed by atoms with Crippen molar-refractivity contribution >= 4 is 5.78 Å². The van der Waals surface area contributed by atoms with Gasteiger partial charge in [0.25, 0.3) is 0 Å². The van der Waals surface area contributed by atoms with Crippen LogP contribution in [0.5, 0.6) is 0 Å². The molecule has 0 spiro atoms. The molecule has 1 heterocycles. The number of carbonyl (C=O) groups is 1. The zero-order valence-electron chi connectivity index (χ0n) is 8.62. The van der Waals surface area contributed by atoms with Crippen LogP contribution in [0, 0.1) is 0 Å².